The Balaban J connectivity index is 1.85. The quantitative estimate of drug-likeness (QED) is 0.457. The maximum Gasteiger partial charge on any atom is 0.282 e. The number of rotatable bonds is 7. The topological polar surface area (TPSA) is 90.7 Å². The Hall–Kier alpha value is -3.87. The van der Waals surface area contributed by atoms with Crippen LogP contribution in [-0.4, -0.2) is 17.9 Å². The molecular weight excluding hydrogens is 372 g/mol. The SMILES string of the molecule is COc1ccc([N+](=O)[O-])c(C(=O)NC(C)c2ccccc2Oc2ccccc2)c1. The summed E-state index contributed by atoms with van der Waals surface area (Å²) in [5, 5.41) is 14.1. The van der Waals surface area contributed by atoms with Crippen LogP contribution in [0.4, 0.5) is 5.69 Å². The largest absolute Gasteiger partial charge is 0.497 e. The van der Waals surface area contributed by atoms with E-state index in [0.29, 0.717) is 17.2 Å². The predicted octanol–water partition coefficient (Wildman–Crippen LogP) is 4.89. The van der Waals surface area contributed by atoms with Gasteiger partial charge >= 0.3 is 0 Å². The summed E-state index contributed by atoms with van der Waals surface area (Å²) in [6.45, 7) is 1.79. The molecule has 3 aromatic rings. The van der Waals surface area contributed by atoms with Crippen molar-refractivity contribution in [3.63, 3.8) is 0 Å². The number of nitro groups is 1. The average Bonchev–Trinajstić information content (AvgIpc) is 2.74. The zero-order valence-electron chi connectivity index (χ0n) is 16.0. The summed E-state index contributed by atoms with van der Waals surface area (Å²) in [5.41, 5.74) is 0.391. The lowest BCUT2D eigenvalue weighted by molar-refractivity contribution is -0.385. The molecule has 1 N–H and O–H groups in total. The van der Waals surface area contributed by atoms with Crippen LogP contribution in [0, 0.1) is 10.1 Å². The van der Waals surface area contributed by atoms with E-state index < -0.39 is 16.9 Å². The number of ether oxygens (including phenoxy) is 2. The Labute approximate surface area is 168 Å². The van der Waals surface area contributed by atoms with Crippen molar-refractivity contribution in [3.8, 4) is 17.2 Å². The normalized spacial score (nSPS) is 11.4. The van der Waals surface area contributed by atoms with Gasteiger partial charge in [0, 0.05) is 11.6 Å². The number of hydrogen-bond donors (Lipinski definition) is 1. The molecule has 0 heterocycles. The molecule has 7 nitrogen and oxygen atoms in total. The minimum atomic E-state index is -0.592. The molecule has 0 aliphatic rings. The maximum atomic E-state index is 12.8. The average molecular weight is 392 g/mol. The lowest BCUT2D eigenvalue weighted by Crippen LogP contribution is -2.27. The fraction of sp³-hybridized carbons (Fsp3) is 0.136. The van der Waals surface area contributed by atoms with Crippen molar-refractivity contribution in [2.24, 2.45) is 0 Å². The second-order valence-electron chi connectivity index (χ2n) is 6.29. The summed E-state index contributed by atoms with van der Waals surface area (Å²) in [5.74, 6) is 1.05. The van der Waals surface area contributed by atoms with Gasteiger partial charge < -0.3 is 14.8 Å². The van der Waals surface area contributed by atoms with Gasteiger partial charge in [-0.2, -0.15) is 0 Å². The van der Waals surface area contributed by atoms with Crippen LogP contribution in [-0.2, 0) is 0 Å². The Morgan fingerprint density at radius 2 is 1.69 bits per heavy atom. The molecule has 3 rings (SSSR count). The number of methoxy groups -OCH3 is 1. The molecule has 1 atom stereocenters. The minimum Gasteiger partial charge on any atom is -0.497 e. The van der Waals surface area contributed by atoms with E-state index in [0.717, 1.165) is 5.56 Å². The number of hydrogen-bond acceptors (Lipinski definition) is 5. The molecule has 0 aliphatic heterocycles. The van der Waals surface area contributed by atoms with Crippen molar-refractivity contribution < 1.29 is 19.2 Å². The van der Waals surface area contributed by atoms with Gasteiger partial charge in [0.15, 0.2) is 0 Å². The molecule has 29 heavy (non-hydrogen) atoms. The molecular formula is C22H20N2O5. The minimum absolute atomic E-state index is 0.0670. The Morgan fingerprint density at radius 1 is 1.00 bits per heavy atom. The van der Waals surface area contributed by atoms with Gasteiger partial charge in [-0.05, 0) is 37.3 Å². The van der Waals surface area contributed by atoms with E-state index in [1.165, 1.54) is 25.3 Å². The molecule has 1 amide bonds. The highest BCUT2D eigenvalue weighted by Crippen LogP contribution is 2.30. The molecule has 0 fully saturated rings. The molecule has 0 spiro atoms. The number of nitro benzene ring substituents is 1. The Bertz CT molecular complexity index is 1020. The number of carbonyl (C=O) groups excluding carboxylic acids is 1. The van der Waals surface area contributed by atoms with Crippen LogP contribution in [0.1, 0.15) is 28.9 Å². The second-order valence-corrected chi connectivity index (χ2v) is 6.29. The monoisotopic (exact) mass is 392 g/mol. The van der Waals surface area contributed by atoms with Crippen molar-refractivity contribution in [1.29, 1.82) is 0 Å². The van der Waals surface area contributed by atoms with E-state index in [1.54, 1.807) is 13.0 Å². The Morgan fingerprint density at radius 3 is 2.38 bits per heavy atom. The first-order valence-electron chi connectivity index (χ1n) is 8.94. The van der Waals surface area contributed by atoms with Gasteiger partial charge in [-0.3, -0.25) is 14.9 Å². The molecule has 0 radical (unpaired) electrons. The van der Waals surface area contributed by atoms with Crippen molar-refractivity contribution >= 4 is 11.6 Å². The molecule has 148 valence electrons. The van der Waals surface area contributed by atoms with E-state index in [-0.39, 0.29) is 11.3 Å². The Kier molecular flexibility index (Phi) is 6.09. The summed E-state index contributed by atoms with van der Waals surface area (Å²) >= 11 is 0. The van der Waals surface area contributed by atoms with Crippen molar-refractivity contribution in [1.82, 2.24) is 5.32 Å². The van der Waals surface area contributed by atoms with Gasteiger partial charge in [-0.25, -0.2) is 0 Å². The maximum absolute atomic E-state index is 12.8. The van der Waals surface area contributed by atoms with Gasteiger partial charge in [-0.1, -0.05) is 36.4 Å². The predicted molar refractivity (Wildman–Crippen MR) is 108 cm³/mol. The summed E-state index contributed by atoms with van der Waals surface area (Å²) in [7, 11) is 1.43. The van der Waals surface area contributed by atoms with Gasteiger partial charge in [0.2, 0.25) is 0 Å². The summed E-state index contributed by atoms with van der Waals surface area (Å²) < 4.78 is 11.0. The third-order valence-corrected chi connectivity index (χ3v) is 4.35. The highest BCUT2D eigenvalue weighted by Gasteiger charge is 2.23. The first-order chi connectivity index (χ1) is 14.0. The zero-order chi connectivity index (χ0) is 20.8. The number of para-hydroxylation sites is 2. The van der Waals surface area contributed by atoms with E-state index in [1.807, 2.05) is 48.5 Å². The molecule has 3 aromatic carbocycles. The van der Waals surface area contributed by atoms with E-state index in [9.17, 15) is 14.9 Å². The van der Waals surface area contributed by atoms with Crippen molar-refractivity contribution in [2.75, 3.05) is 7.11 Å². The number of carbonyl (C=O) groups is 1. The van der Waals surface area contributed by atoms with E-state index in [4.69, 9.17) is 9.47 Å². The van der Waals surface area contributed by atoms with E-state index >= 15 is 0 Å². The third kappa shape index (κ3) is 4.70. The summed E-state index contributed by atoms with van der Waals surface area (Å²) in [6, 6.07) is 20.2. The van der Waals surface area contributed by atoms with Crippen molar-refractivity contribution in [2.45, 2.75) is 13.0 Å². The van der Waals surface area contributed by atoms with E-state index in [2.05, 4.69) is 5.32 Å². The van der Waals surface area contributed by atoms with Crippen LogP contribution < -0.4 is 14.8 Å². The fourth-order valence-corrected chi connectivity index (χ4v) is 2.88. The van der Waals surface area contributed by atoms with Gasteiger partial charge in [0.05, 0.1) is 18.1 Å². The highest BCUT2D eigenvalue weighted by atomic mass is 16.6. The number of nitrogens with zero attached hydrogens (tertiary/aromatic N) is 1. The molecule has 0 saturated heterocycles. The molecule has 0 saturated carbocycles. The first-order valence-corrected chi connectivity index (χ1v) is 8.94. The smallest absolute Gasteiger partial charge is 0.282 e. The third-order valence-electron chi connectivity index (χ3n) is 4.35. The van der Waals surface area contributed by atoms with Crippen LogP contribution in [0.25, 0.3) is 0 Å². The van der Waals surface area contributed by atoms with Crippen LogP contribution in [0.5, 0.6) is 17.2 Å². The molecule has 0 bridgehead atoms. The van der Waals surface area contributed by atoms with Crippen LogP contribution in [0.15, 0.2) is 72.8 Å². The standard InChI is InChI=1S/C22H20N2O5/c1-15(18-10-6-7-11-21(18)29-16-8-4-3-5-9-16)23-22(25)19-14-17(28-2)12-13-20(19)24(26)27/h3-15H,1-2H3,(H,23,25). The van der Waals surface area contributed by atoms with Crippen molar-refractivity contribution in [3.05, 3.63) is 94.0 Å². The molecule has 0 aliphatic carbocycles. The summed E-state index contributed by atoms with van der Waals surface area (Å²) in [4.78, 5) is 23.5. The van der Waals surface area contributed by atoms with Crippen LogP contribution >= 0.6 is 0 Å². The fourth-order valence-electron chi connectivity index (χ4n) is 2.88. The summed E-state index contributed by atoms with van der Waals surface area (Å²) in [6.07, 6.45) is 0. The molecule has 1 unspecified atom stereocenters. The second kappa shape index (κ2) is 8.88. The van der Waals surface area contributed by atoms with Crippen LogP contribution in [0.3, 0.4) is 0 Å². The first kappa shape index (κ1) is 19.9. The number of benzene rings is 3. The lowest BCUT2D eigenvalue weighted by Gasteiger charge is -2.18. The number of amides is 1. The number of nitrogens with one attached hydrogen (secondary N) is 1. The molecule has 0 aromatic heterocycles. The van der Waals surface area contributed by atoms with Gasteiger partial charge in [-0.15, -0.1) is 0 Å². The molecule has 7 heteroatoms. The van der Waals surface area contributed by atoms with Gasteiger partial charge in [0.1, 0.15) is 22.8 Å². The lowest BCUT2D eigenvalue weighted by atomic mass is 10.1. The highest BCUT2D eigenvalue weighted by molar-refractivity contribution is 5.98. The zero-order valence-corrected chi connectivity index (χ0v) is 16.0. The van der Waals surface area contributed by atoms with Gasteiger partial charge in [0.25, 0.3) is 11.6 Å². The van der Waals surface area contributed by atoms with Crippen LogP contribution in [0.2, 0.25) is 0 Å².